The van der Waals surface area contributed by atoms with Crippen molar-refractivity contribution in [2.75, 3.05) is 12.4 Å². The smallest absolute Gasteiger partial charge is 0.319 e. The molecule has 2 aromatic rings. The van der Waals surface area contributed by atoms with Gasteiger partial charge in [0.15, 0.2) is 5.75 Å². The number of halogens is 1. The first-order chi connectivity index (χ1) is 9.20. The highest BCUT2D eigenvalue weighted by Crippen LogP contribution is 2.32. The lowest BCUT2D eigenvalue weighted by Gasteiger charge is -2.11. The van der Waals surface area contributed by atoms with Crippen LogP contribution in [0.2, 0.25) is 5.02 Å². The highest BCUT2D eigenvalue weighted by molar-refractivity contribution is 6.32. The third kappa shape index (κ3) is 3.42. The van der Waals surface area contributed by atoms with Crippen molar-refractivity contribution in [3.8, 4) is 5.75 Å². The Labute approximate surface area is 115 Å². The van der Waals surface area contributed by atoms with Crippen molar-refractivity contribution in [1.29, 1.82) is 0 Å². The van der Waals surface area contributed by atoms with Crippen molar-refractivity contribution in [3.63, 3.8) is 0 Å². The fraction of sp³-hybridized carbons (Fsp3) is 0.154. The Hall–Kier alpha value is -2.14. The summed E-state index contributed by atoms with van der Waals surface area (Å²) in [6, 6.07) is 8.29. The number of carbonyl (C=O) groups is 1. The number of amides is 2. The Bertz CT molecular complexity index is 555. The summed E-state index contributed by atoms with van der Waals surface area (Å²) in [5.74, 6) is 1.10. The average molecular weight is 281 g/mol. The average Bonchev–Trinajstić information content (AvgIpc) is 2.90. The molecule has 0 aliphatic heterocycles. The minimum absolute atomic E-state index is 0.307. The van der Waals surface area contributed by atoms with E-state index in [1.807, 2.05) is 0 Å². The number of methoxy groups -OCH3 is 1. The highest BCUT2D eigenvalue weighted by atomic mass is 35.5. The molecule has 1 aromatic heterocycles. The summed E-state index contributed by atoms with van der Waals surface area (Å²) in [6.07, 6.45) is 1.55. The zero-order valence-corrected chi connectivity index (χ0v) is 11.0. The largest absolute Gasteiger partial charge is 0.493 e. The molecule has 2 amide bonds. The number of hydrogen-bond acceptors (Lipinski definition) is 3. The number of carbonyl (C=O) groups excluding carboxylic acids is 1. The van der Waals surface area contributed by atoms with Crippen LogP contribution in [-0.2, 0) is 6.54 Å². The summed E-state index contributed by atoms with van der Waals surface area (Å²) in [7, 11) is 1.49. The molecule has 1 aromatic carbocycles. The van der Waals surface area contributed by atoms with Crippen LogP contribution >= 0.6 is 11.6 Å². The van der Waals surface area contributed by atoms with Gasteiger partial charge in [-0.25, -0.2) is 4.79 Å². The lowest BCUT2D eigenvalue weighted by molar-refractivity contribution is 0.250. The van der Waals surface area contributed by atoms with Crippen molar-refractivity contribution in [2.45, 2.75) is 6.54 Å². The molecule has 0 spiro atoms. The van der Waals surface area contributed by atoms with E-state index >= 15 is 0 Å². The number of rotatable bonds is 4. The molecule has 0 saturated heterocycles. The van der Waals surface area contributed by atoms with Gasteiger partial charge in [0.25, 0.3) is 0 Å². The van der Waals surface area contributed by atoms with Crippen LogP contribution in [0.3, 0.4) is 0 Å². The van der Waals surface area contributed by atoms with Gasteiger partial charge in [-0.15, -0.1) is 0 Å². The van der Waals surface area contributed by atoms with Gasteiger partial charge in [0.2, 0.25) is 0 Å². The zero-order chi connectivity index (χ0) is 13.7. The van der Waals surface area contributed by atoms with Crippen molar-refractivity contribution in [1.82, 2.24) is 5.32 Å². The first kappa shape index (κ1) is 13.3. The Morgan fingerprint density at radius 2 is 2.21 bits per heavy atom. The van der Waals surface area contributed by atoms with Gasteiger partial charge < -0.3 is 19.8 Å². The number of urea groups is 1. The van der Waals surface area contributed by atoms with Crippen LogP contribution in [0, 0.1) is 0 Å². The Morgan fingerprint density at radius 1 is 1.37 bits per heavy atom. The molecule has 5 nitrogen and oxygen atoms in total. The van der Waals surface area contributed by atoms with Crippen molar-refractivity contribution >= 4 is 23.3 Å². The van der Waals surface area contributed by atoms with E-state index in [-0.39, 0.29) is 6.03 Å². The van der Waals surface area contributed by atoms with Gasteiger partial charge in [0.05, 0.1) is 30.6 Å². The molecule has 2 N–H and O–H groups in total. The third-order valence-corrected chi connectivity index (χ3v) is 2.72. The van der Waals surface area contributed by atoms with Crippen LogP contribution in [0.5, 0.6) is 5.75 Å². The van der Waals surface area contributed by atoms with E-state index < -0.39 is 0 Å². The molecular weight excluding hydrogens is 268 g/mol. The number of furan rings is 1. The molecule has 0 radical (unpaired) electrons. The number of nitrogens with one attached hydrogen (secondary N) is 2. The van der Waals surface area contributed by atoms with E-state index in [0.29, 0.717) is 28.8 Å². The summed E-state index contributed by atoms with van der Waals surface area (Å²) in [5.41, 5.74) is 0.506. The fourth-order valence-corrected chi connectivity index (χ4v) is 1.81. The fourth-order valence-electron chi connectivity index (χ4n) is 1.56. The topological polar surface area (TPSA) is 63.5 Å². The minimum atomic E-state index is -0.364. The van der Waals surface area contributed by atoms with E-state index in [4.69, 9.17) is 20.8 Å². The number of benzene rings is 1. The van der Waals surface area contributed by atoms with E-state index in [0.717, 1.165) is 0 Å². The molecule has 100 valence electrons. The molecule has 0 unspecified atom stereocenters. The molecule has 19 heavy (non-hydrogen) atoms. The third-order valence-electron chi connectivity index (χ3n) is 2.42. The van der Waals surface area contributed by atoms with Gasteiger partial charge in [-0.2, -0.15) is 0 Å². The van der Waals surface area contributed by atoms with Gasteiger partial charge in [0, 0.05) is 0 Å². The van der Waals surface area contributed by atoms with Gasteiger partial charge in [-0.3, -0.25) is 0 Å². The summed E-state index contributed by atoms with van der Waals surface area (Å²) in [6.45, 7) is 0.307. The first-order valence-corrected chi connectivity index (χ1v) is 5.98. The second kappa shape index (κ2) is 6.15. The molecule has 0 fully saturated rings. The molecular formula is C13H13ClN2O3. The molecule has 0 bridgehead atoms. The highest BCUT2D eigenvalue weighted by Gasteiger charge is 2.10. The van der Waals surface area contributed by atoms with E-state index in [2.05, 4.69) is 10.6 Å². The SMILES string of the molecule is COc1c(Cl)cccc1NC(=O)NCc1ccco1. The monoisotopic (exact) mass is 280 g/mol. The molecule has 1 heterocycles. The Morgan fingerprint density at radius 3 is 2.89 bits per heavy atom. The van der Waals surface area contributed by atoms with E-state index in [9.17, 15) is 4.79 Å². The standard InChI is InChI=1S/C13H13ClN2O3/c1-18-12-10(14)5-2-6-11(12)16-13(17)15-8-9-4-3-7-19-9/h2-7H,8H2,1H3,(H2,15,16,17). The summed E-state index contributed by atoms with van der Waals surface area (Å²) in [5, 5.41) is 5.76. The second-order valence-electron chi connectivity index (χ2n) is 3.71. The van der Waals surface area contributed by atoms with Gasteiger partial charge in [0.1, 0.15) is 5.76 Å². The van der Waals surface area contributed by atoms with Crippen LogP contribution < -0.4 is 15.4 Å². The summed E-state index contributed by atoms with van der Waals surface area (Å²) in [4.78, 5) is 11.7. The van der Waals surface area contributed by atoms with Crippen LogP contribution in [0.25, 0.3) is 0 Å². The van der Waals surface area contributed by atoms with Crippen LogP contribution in [0.1, 0.15) is 5.76 Å². The maximum Gasteiger partial charge on any atom is 0.319 e. The Kier molecular flexibility index (Phi) is 4.30. The number of para-hydroxylation sites is 1. The van der Waals surface area contributed by atoms with E-state index in [1.54, 1.807) is 36.6 Å². The van der Waals surface area contributed by atoms with Crippen LogP contribution in [0.15, 0.2) is 41.0 Å². The first-order valence-electron chi connectivity index (χ1n) is 5.60. The predicted molar refractivity (Wildman–Crippen MR) is 72.6 cm³/mol. The summed E-state index contributed by atoms with van der Waals surface area (Å²) < 4.78 is 10.2. The van der Waals surface area contributed by atoms with Gasteiger partial charge in [-0.05, 0) is 24.3 Å². The van der Waals surface area contributed by atoms with Gasteiger partial charge >= 0.3 is 6.03 Å². The molecule has 2 rings (SSSR count). The lowest BCUT2D eigenvalue weighted by Crippen LogP contribution is -2.28. The van der Waals surface area contributed by atoms with Crippen molar-refractivity contribution in [3.05, 3.63) is 47.4 Å². The summed E-state index contributed by atoms with van der Waals surface area (Å²) >= 11 is 5.96. The molecule has 0 atom stereocenters. The number of ether oxygens (including phenoxy) is 1. The molecule has 0 aliphatic carbocycles. The van der Waals surface area contributed by atoms with Crippen molar-refractivity contribution < 1.29 is 13.9 Å². The maximum absolute atomic E-state index is 11.7. The molecule has 6 heteroatoms. The number of anilines is 1. The normalized spacial score (nSPS) is 10.0. The molecule has 0 saturated carbocycles. The Balaban J connectivity index is 1.97. The minimum Gasteiger partial charge on any atom is -0.493 e. The molecule has 0 aliphatic rings. The predicted octanol–water partition coefficient (Wildman–Crippen LogP) is 3.26. The van der Waals surface area contributed by atoms with Gasteiger partial charge in [-0.1, -0.05) is 17.7 Å². The maximum atomic E-state index is 11.7. The quantitative estimate of drug-likeness (QED) is 0.903. The van der Waals surface area contributed by atoms with Crippen LogP contribution in [0.4, 0.5) is 10.5 Å². The second-order valence-corrected chi connectivity index (χ2v) is 4.11. The van der Waals surface area contributed by atoms with E-state index in [1.165, 1.54) is 7.11 Å². The van der Waals surface area contributed by atoms with Crippen LogP contribution in [-0.4, -0.2) is 13.1 Å². The zero-order valence-electron chi connectivity index (χ0n) is 10.3. The number of hydrogen-bond donors (Lipinski definition) is 2. The lowest BCUT2D eigenvalue weighted by atomic mass is 10.3. The van der Waals surface area contributed by atoms with Crippen molar-refractivity contribution in [2.24, 2.45) is 0 Å².